The molecule has 1 heterocycles. The molecule has 1 aromatic carbocycles. The van der Waals surface area contributed by atoms with Gasteiger partial charge in [-0.1, -0.05) is 56.0 Å². The van der Waals surface area contributed by atoms with Gasteiger partial charge in [-0.05, 0) is 44.6 Å². The Balaban J connectivity index is 1.35. The number of carbonyl (C=O) groups is 3. The SMILES string of the molecule is CC(C)(C)OC(=O)NCCN1CCN(C(=O)OCc2ccccc2)C(C(=O)C2CC2C2CCCC2)C1. The highest BCUT2D eigenvalue weighted by Gasteiger charge is 2.51. The van der Waals surface area contributed by atoms with Gasteiger partial charge in [0, 0.05) is 38.6 Å². The number of ketones is 1. The summed E-state index contributed by atoms with van der Waals surface area (Å²) in [5.74, 6) is 1.37. The first-order valence-corrected chi connectivity index (χ1v) is 13.4. The molecule has 1 aliphatic heterocycles. The van der Waals surface area contributed by atoms with Gasteiger partial charge < -0.3 is 14.8 Å². The van der Waals surface area contributed by atoms with Gasteiger partial charge in [0.2, 0.25) is 0 Å². The van der Waals surface area contributed by atoms with Gasteiger partial charge in [-0.3, -0.25) is 14.6 Å². The van der Waals surface area contributed by atoms with Crippen LogP contribution in [0.5, 0.6) is 0 Å². The molecule has 4 rings (SSSR count). The van der Waals surface area contributed by atoms with Crippen LogP contribution >= 0.6 is 0 Å². The predicted octanol–water partition coefficient (Wildman–Crippen LogP) is 4.23. The quantitative estimate of drug-likeness (QED) is 0.576. The number of carbonyl (C=O) groups excluding carboxylic acids is 3. The molecule has 8 heteroatoms. The lowest BCUT2D eigenvalue weighted by molar-refractivity contribution is -0.127. The Kier molecular flexibility index (Phi) is 8.54. The number of benzene rings is 1. The largest absolute Gasteiger partial charge is 0.445 e. The lowest BCUT2D eigenvalue weighted by Gasteiger charge is -2.40. The minimum atomic E-state index is -0.548. The van der Waals surface area contributed by atoms with Crippen molar-refractivity contribution in [2.24, 2.45) is 17.8 Å². The number of rotatable bonds is 8. The van der Waals surface area contributed by atoms with Gasteiger partial charge in [-0.2, -0.15) is 0 Å². The summed E-state index contributed by atoms with van der Waals surface area (Å²) in [5, 5.41) is 2.79. The normalized spacial score (nSPS) is 24.9. The highest BCUT2D eigenvalue weighted by atomic mass is 16.6. The van der Waals surface area contributed by atoms with Crippen molar-refractivity contribution in [3.8, 4) is 0 Å². The van der Waals surface area contributed by atoms with Crippen LogP contribution in [0, 0.1) is 17.8 Å². The molecule has 3 atom stereocenters. The third kappa shape index (κ3) is 7.21. The van der Waals surface area contributed by atoms with Gasteiger partial charge in [-0.15, -0.1) is 0 Å². The van der Waals surface area contributed by atoms with Gasteiger partial charge in [0.05, 0.1) is 0 Å². The lowest BCUT2D eigenvalue weighted by atomic mass is 9.96. The molecule has 0 radical (unpaired) electrons. The second-order valence-corrected chi connectivity index (χ2v) is 11.4. The molecule has 3 unspecified atom stereocenters. The summed E-state index contributed by atoms with van der Waals surface area (Å²) in [7, 11) is 0. The molecule has 198 valence electrons. The van der Waals surface area contributed by atoms with E-state index in [-0.39, 0.29) is 18.3 Å². The molecule has 2 amide bonds. The van der Waals surface area contributed by atoms with Gasteiger partial charge >= 0.3 is 12.2 Å². The Labute approximate surface area is 214 Å². The number of Topliss-reactive ketones (excluding diaryl/α,β-unsaturated/α-hetero) is 1. The number of hydrogen-bond acceptors (Lipinski definition) is 6. The van der Waals surface area contributed by atoms with E-state index in [4.69, 9.17) is 9.47 Å². The van der Waals surface area contributed by atoms with Gasteiger partial charge in [0.25, 0.3) is 0 Å². The number of ether oxygens (including phenoxy) is 2. The van der Waals surface area contributed by atoms with Crippen molar-refractivity contribution < 1.29 is 23.9 Å². The van der Waals surface area contributed by atoms with E-state index < -0.39 is 23.8 Å². The molecule has 0 aromatic heterocycles. The van der Waals surface area contributed by atoms with E-state index in [9.17, 15) is 14.4 Å². The van der Waals surface area contributed by atoms with Crippen LogP contribution in [0.1, 0.15) is 58.4 Å². The van der Waals surface area contributed by atoms with E-state index in [1.165, 1.54) is 25.7 Å². The third-order valence-corrected chi connectivity index (χ3v) is 7.54. The summed E-state index contributed by atoms with van der Waals surface area (Å²) >= 11 is 0. The van der Waals surface area contributed by atoms with E-state index in [1.807, 2.05) is 51.1 Å². The Bertz CT molecular complexity index is 910. The first kappa shape index (κ1) is 26.5. The molecule has 2 saturated carbocycles. The average molecular weight is 500 g/mol. The molecule has 0 bridgehead atoms. The molecule has 3 fully saturated rings. The molecule has 0 spiro atoms. The molecular weight excluding hydrogens is 458 g/mol. The summed E-state index contributed by atoms with van der Waals surface area (Å²) in [6, 6.07) is 9.07. The molecule has 1 saturated heterocycles. The van der Waals surface area contributed by atoms with Crippen molar-refractivity contribution in [1.29, 1.82) is 0 Å². The first-order chi connectivity index (χ1) is 17.2. The number of amides is 2. The number of hydrogen-bond donors (Lipinski definition) is 1. The van der Waals surface area contributed by atoms with Crippen LogP contribution < -0.4 is 5.32 Å². The topological polar surface area (TPSA) is 88.2 Å². The maximum atomic E-state index is 13.6. The summed E-state index contributed by atoms with van der Waals surface area (Å²) < 4.78 is 10.9. The molecule has 8 nitrogen and oxygen atoms in total. The zero-order chi connectivity index (χ0) is 25.7. The fourth-order valence-electron chi connectivity index (χ4n) is 5.63. The van der Waals surface area contributed by atoms with E-state index >= 15 is 0 Å². The highest BCUT2D eigenvalue weighted by Crippen LogP contribution is 2.51. The number of nitrogens with zero attached hydrogens (tertiary/aromatic N) is 2. The summed E-state index contributed by atoms with van der Waals surface area (Å²) in [5.41, 5.74) is 0.372. The molecule has 1 N–H and O–H groups in total. The molecule has 3 aliphatic rings. The fraction of sp³-hybridized carbons (Fsp3) is 0.679. The van der Waals surface area contributed by atoms with Crippen LogP contribution in [-0.4, -0.2) is 72.1 Å². The van der Waals surface area contributed by atoms with E-state index in [0.29, 0.717) is 44.6 Å². The first-order valence-electron chi connectivity index (χ1n) is 13.4. The number of alkyl carbamates (subject to hydrolysis) is 1. The monoisotopic (exact) mass is 499 g/mol. The Morgan fingerprint density at radius 1 is 1.06 bits per heavy atom. The highest BCUT2D eigenvalue weighted by molar-refractivity contribution is 5.91. The van der Waals surface area contributed by atoms with Gasteiger partial charge in [-0.25, -0.2) is 9.59 Å². The average Bonchev–Trinajstić information content (AvgIpc) is 3.45. The van der Waals surface area contributed by atoms with Crippen molar-refractivity contribution in [3.63, 3.8) is 0 Å². The third-order valence-electron chi connectivity index (χ3n) is 7.54. The smallest absolute Gasteiger partial charge is 0.410 e. The van der Waals surface area contributed by atoms with Crippen molar-refractivity contribution in [3.05, 3.63) is 35.9 Å². The van der Waals surface area contributed by atoms with Crippen LogP contribution in [0.4, 0.5) is 9.59 Å². The molecular formula is C28H41N3O5. The maximum Gasteiger partial charge on any atom is 0.410 e. The van der Waals surface area contributed by atoms with E-state index in [1.54, 1.807) is 4.90 Å². The maximum absolute atomic E-state index is 13.6. The second-order valence-electron chi connectivity index (χ2n) is 11.4. The van der Waals surface area contributed by atoms with Crippen LogP contribution in [0.25, 0.3) is 0 Å². The second kappa shape index (κ2) is 11.6. The zero-order valence-electron chi connectivity index (χ0n) is 21.9. The van der Waals surface area contributed by atoms with Gasteiger partial charge in [0.1, 0.15) is 18.2 Å². The zero-order valence-corrected chi connectivity index (χ0v) is 21.9. The van der Waals surface area contributed by atoms with Crippen molar-refractivity contribution in [2.45, 2.75) is 71.1 Å². The predicted molar refractivity (Wildman–Crippen MR) is 136 cm³/mol. The summed E-state index contributed by atoms with van der Waals surface area (Å²) in [4.78, 5) is 42.5. The molecule has 1 aromatic rings. The molecule has 36 heavy (non-hydrogen) atoms. The Morgan fingerprint density at radius 3 is 2.47 bits per heavy atom. The summed E-state index contributed by atoms with van der Waals surface area (Å²) in [6.07, 6.45) is 5.06. The van der Waals surface area contributed by atoms with Crippen LogP contribution in [0.15, 0.2) is 30.3 Å². The minimum absolute atomic E-state index is 0.0577. The number of piperazine rings is 1. The van der Waals surface area contributed by atoms with E-state index in [2.05, 4.69) is 10.2 Å². The number of nitrogens with one attached hydrogen (secondary N) is 1. The van der Waals surface area contributed by atoms with Gasteiger partial charge in [0.15, 0.2) is 5.78 Å². The minimum Gasteiger partial charge on any atom is -0.445 e. The van der Waals surface area contributed by atoms with Crippen molar-refractivity contribution in [2.75, 3.05) is 32.7 Å². The van der Waals surface area contributed by atoms with Crippen LogP contribution in [0.3, 0.4) is 0 Å². The van der Waals surface area contributed by atoms with Crippen LogP contribution in [-0.2, 0) is 20.9 Å². The lowest BCUT2D eigenvalue weighted by Crippen LogP contribution is -2.59. The fourth-order valence-corrected chi connectivity index (χ4v) is 5.63. The van der Waals surface area contributed by atoms with Crippen molar-refractivity contribution in [1.82, 2.24) is 15.1 Å². The standard InChI is InChI=1S/C28H41N3O5/c1-28(2,3)36-26(33)29-13-14-30-15-16-31(27(34)35-19-20-9-5-4-6-10-20)24(18-30)25(32)23-17-22(23)21-11-7-8-12-21/h4-6,9-10,21-24H,7-8,11-19H2,1-3H3,(H,29,33). The Hall–Kier alpha value is -2.61. The van der Waals surface area contributed by atoms with Crippen molar-refractivity contribution >= 4 is 18.0 Å². The summed E-state index contributed by atoms with van der Waals surface area (Å²) in [6.45, 7) is 8.20. The Morgan fingerprint density at radius 2 is 1.78 bits per heavy atom. The van der Waals surface area contributed by atoms with E-state index in [0.717, 1.165) is 12.0 Å². The molecule has 2 aliphatic carbocycles. The van der Waals surface area contributed by atoms with Crippen LogP contribution in [0.2, 0.25) is 0 Å².